The lowest BCUT2D eigenvalue weighted by Crippen LogP contribution is -2.28. The van der Waals surface area contributed by atoms with E-state index in [1.807, 2.05) is 26.0 Å². The Morgan fingerprint density at radius 2 is 1.88 bits per heavy atom. The van der Waals surface area contributed by atoms with Gasteiger partial charge in [-0.1, -0.05) is 19.1 Å². The molecule has 1 N–H and O–H groups in total. The molecule has 0 spiro atoms. The number of carbonyl (C=O) groups is 1. The molecule has 0 atom stereocenters. The second kappa shape index (κ2) is 9.10. The van der Waals surface area contributed by atoms with E-state index in [9.17, 15) is 10.0 Å². The van der Waals surface area contributed by atoms with Gasteiger partial charge < -0.3 is 14.2 Å². The number of carbonyl (C=O) groups excluding carboxylic acids is 1. The molecule has 0 heterocycles. The standard InChI is InChI=1S/C20H25NO5/c1-5-15-7-10-19(14(3)11-15)26-13-16-8-9-17(25-6-2)12-18(16)21(23)20(22)24-4/h7-12,23H,5-6,13H2,1-4H3. The molecule has 0 aliphatic rings. The number of amides is 1. The summed E-state index contributed by atoms with van der Waals surface area (Å²) in [6.45, 7) is 6.60. The van der Waals surface area contributed by atoms with Crippen LogP contribution in [0, 0.1) is 6.92 Å². The number of ether oxygens (including phenoxy) is 3. The summed E-state index contributed by atoms with van der Waals surface area (Å²) in [5.74, 6) is 1.29. The monoisotopic (exact) mass is 359 g/mol. The van der Waals surface area contributed by atoms with Gasteiger partial charge in [-0.2, -0.15) is 5.06 Å². The zero-order chi connectivity index (χ0) is 19.1. The molecule has 1 amide bonds. The minimum absolute atomic E-state index is 0.183. The maximum absolute atomic E-state index is 11.7. The van der Waals surface area contributed by atoms with Crippen LogP contribution in [0.2, 0.25) is 0 Å². The molecule has 0 saturated carbocycles. The van der Waals surface area contributed by atoms with Crippen molar-refractivity contribution in [2.45, 2.75) is 33.8 Å². The molecular weight excluding hydrogens is 334 g/mol. The summed E-state index contributed by atoms with van der Waals surface area (Å²) in [4.78, 5) is 11.7. The molecule has 140 valence electrons. The van der Waals surface area contributed by atoms with Crippen LogP contribution in [0.4, 0.5) is 10.5 Å². The highest BCUT2D eigenvalue weighted by Gasteiger charge is 2.19. The summed E-state index contributed by atoms with van der Waals surface area (Å²) in [7, 11) is 1.20. The van der Waals surface area contributed by atoms with Gasteiger partial charge in [-0.15, -0.1) is 0 Å². The lowest BCUT2D eigenvalue weighted by atomic mass is 10.1. The number of methoxy groups -OCH3 is 1. The number of hydrogen-bond acceptors (Lipinski definition) is 5. The first-order valence-corrected chi connectivity index (χ1v) is 8.55. The summed E-state index contributed by atoms with van der Waals surface area (Å²) < 4.78 is 15.9. The van der Waals surface area contributed by atoms with Crippen molar-refractivity contribution in [2.24, 2.45) is 0 Å². The molecule has 0 aliphatic heterocycles. The van der Waals surface area contributed by atoms with Gasteiger partial charge in [0.2, 0.25) is 0 Å². The van der Waals surface area contributed by atoms with Gasteiger partial charge in [0, 0.05) is 11.6 Å². The van der Waals surface area contributed by atoms with Crippen molar-refractivity contribution in [1.29, 1.82) is 0 Å². The summed E-state index contributed by atoms with van der Waals surface area (Å²) in [5, 5.41) is 10.6. The van der Waals surface area contributed by atoms with Gasteiger partial charge in [-0.3, -0.25) is 5.21 Å². The minimum atomic E-state index is -0.886. The molecule has 2 rings (SSSR count). The van der Waals surface area contributed by atoms with Crippen LogP contribution in [-0.4, -0.2) is 25.0 Å². The van der Waals surface area contributed by atoms with E-state index in [1.165, 1.54) is 12.7 Å². The van der Waals surface area contributed by atoms with Crippen molar-refractivity contribution in [2.75, 3.05) is 18.8 Å². The van der Waals surface area contributed by atoms with E-state index in [0.717, 1.165) is 17.7 Å². The van der Waals surface area contributed by atoms with Crippen molar-refractivity contribution in [3.63, 3.8) is 0 Å². The molecule has 6 heteroatoms. The van der Waals surface area contributed by atoms with Crippen molar-refractivity contribution >= 4 is 11.8 Å². The van der Waals surface area contributed by atoms with Crippen LogP contribution in [0.3, 0.4) is 0 Å². The predicted octanol–water partition coefficient (Wildman–Crippen LogP) is 4.50. The fourth-order valence-electron chi connectivity index (χ4n) is 2.55. The fourth-order valence-corrected chi connectivity index (χ4v) is 2.55. The smallest absolute Gasteiger partial charge is 0.438 e. The number of hydrogen-bond donors (Lipinski definition) is 1. The number of aryl methyl sites for hydroxylation is 2. The minimum Gasteiger partial charge on any atom is -0.494 e. The van der Waals surface area contributed by atoms with Gasteiger partial charge >= 0.3 is 6.09 Å². The van der Waals surface area contributed by atoms with Crippen LogP contribution in [0.15, 0.2) is 36.4 Å². The Morgan fingerprint density at radius 3 is 2.50 bits per heavy atom. The van der Waals surface area contributed by atoms with E-state index in [2.05, 4.69) is 17.7 Å². The maximum Gasteiger partial charge on any atom is 0.438 e. The average molecular weight is 359 g/mol. The number of anilines is 1. The average Bonchev–Trinajstić information content (AvgIpc) is 2.66. The zero-order valence-corrected chi connectivity index (χ0v) is 15.6. The Hall–Kier alpha value is -2.73. The van der Waals surface area contributed by atoms with Crippen LogP contribution in [0.5, 0.6) is 11.5 Å². The number of hydroxylamine groups is 1. The number of rotatable bonds is 7. The predicted molar refractivity (Wildman–Crippen MR) is 99.2 cm³/mol. The van der Waals surface area contributed by atoms with Gasteiger partial charge in [-0.05, 0) is 49.6 Å². The van der Waals surface area contributed by atoms with Crippen molar-refractivity contribution in [1.82, 2.24) is 0 Å². The summed E-state index contributed by atoms with van der Waals surface area (Å²) >= 11 is 0. The molecule has 0 aliphatic carbocycles. The van der Waals surface area contributed by atoms with E-state index in [1.54, 1.807) is 18.2 Å². The Bertz CT molecular complexity index is 760. The van der Waals surface area contributed by atoms with Gasteiger partial charge in [0.15, 0.2) is 0 Å². The second-order valence-electron chi connectivity index (χ2n) is 5.75. The Balaban J connectivity index is 2.26. The van der Waals surface area contributed by atoms with E-state index < -0.39 is 6.09 Å². The Labute approximate surface area is 153 Å². The van der Waals surface area contributed by atoms with Crippen LogP contribution >= 0.6 is 0 Å². The molecule has 2 aromatic carbocycles. The molecule has 0 saturated heterocycles. The number of benzene rings is 2. The first kappa shape index (κ1) is 19.6. The molecule has 2 aromatic rings. The van der Waals surface area contributed by atoms with E-state index >= 15 is 0 Å². The van der Waals surface area contributed by atoms with Crippen LogP contribution in [-0.2, 0) is 17.8 Å². The fraction of sp³-hybridized carbons (Fsp3) is 0.350. The zero-order valence-electron chi connectivity index (χ0n) is 15.6. The highest BCUT2D eigenvalue weighted by Crippen LogP contribution is 2.28. The summed E-state index contributed by atoms with van der Waals surface area (Å²) in [6, 6.07) is 11.1. The van der Waals surface area contributed by atoms with Crippen molar-refractivity contribution < 1.29 is 24.2 Å². The van der Waals surface area contributed by atoms with Crippen LogP contribution < -0.4 is 14.5 Å². The summed E-state index contributed by atoms with van der Waals surface area (Å²) in [6.07, 6.45) is 0.0753. The third-order valence-corrected chi connectivity index (χ3v) is 3.97. The first-order valence-electron chi connectivity index (χ1n) is 8.55. The van der Waals surface area contributed by atoms with Crippen LogP contribution in [0.25, 0.3) is 0 Å². The first-order chi connectivity index (χ1) is 12.5. The molecule has 6 nitrogen and oxygen atoms in total. The van der Waals surface area contributed by atoms with Crippen molar-refractivity contribution in [3.05, 3.63) is 53.1 Å². The quantitative estimate of drug-likeness (QED) is 0.582. The Morgan fingerprint density at radius 1 is 1.12 bits per heavy atom. The van der Waals surface area contributed by atoms with Gasteiger partial charge in [-0.25, -0.2) is 4.79 Å². The van der Waals surface area contributed by atoms with Gasteiger partial charge in [0.25, 0.3) is 0 Å². The molecule has 0 radical (unpaired) electrons. The molecule has 0 unspecified atom stereocenters. The molecule has 0 bridgehead atoms. The third kappa shape index (κ3) is 4.67. The highest BCUT2D eigenvalue weighted by molar-refractivity contribution is 5.86. The van der Waals surface area contributed by atoms with Crippen molar-refractivity contribution in [3.8, 4) is 11.5 Å². The highest BCUT2D eigenvalue weighted by atomic mass is 16.6. The maximum atomic E-state index is 11.7. The molecule has 26 heavy (non-hydrogen) atoms. The van der Waals surface area contributed by atoms with E-state index in [-0.39, 0.29) is 12.3 Å². The molecule has 0 fully saturated rings. The van der Waals surface area contributed by atoms with Crippen LogP contribution in [0.1, 0.15) is 30.5 Å². The molecule has 0 aromatic heterocycles. The molecular formula is C20H25NO5. The van der Waals surface area contributed by atoms with Gasteiger partial charge in [0.1, 0.15) is 18.1 Å². The van der Waals surface area contributed by atoms with E-state index in [0.29, 0.717) is 23.0 Å². The normalized spacial score (nSPS) is 10.3. The lowest BCUT2D eigenvalue weighted by Gasteiger charge is -2.19. The Kier molecular flexibility index (Phi) is 6.86. The third-order valence-electron chi connectivity index (χ3n) is 3.97. The topological polar surface area (TPSA) is 68.2 Å². The van der Waals surface area contributed by atoms with E-state index in [4.69, 9.17) is 9.47 Å². The SMILES string of the molecule is CCOc1ccc(COc2ccc(CC)cc2C)c(N(O)C(=O)OC)c1. The van der Waals surface area contributed by atoms with Gasteiger partial charge in [0.05, 0.1) is 19.4 Å². The summed E-state index contributed by atoms with van der Waals surface area (Å²) in [5.41, 5.74) is 3.15. The largest absolute Gasteiger partial charge is 0.494 e. The number of nitrogens with zero attached hydrogens (tertiary/aromatic N) is 1. The lowest BCUT2D eigenvalue weighted by molar-refractivity contribution is 0.140. The second-order valence-corrected chi connectivity index (χ2v) is 5.75.